The number of carbonyl (C=O) groups excluding carboxylic acids is 1. The second-order valence-corrected chi connectivity index (χ2v) is 6.89. The zero-order chi connectivity index (χ0) is 16.1. The monoisotopic (exact) mass is 329 g/mol. The van der Waals surface area contributed by atoms with E-state index in [1.165, 1.54) is 30.2 Å². The van der Waals surface area contributed by atoms with Gasteiger partial charge in [0.1, 0.15) is 0 Å². The van der Waals surface area contributed by atoms with E-state index in [1.807, 2.05) is 23.2 Å². The third-order valence-electron chi connectivity index (χ3n) is 4.27. The number of nitrogens with zero attached hydrogens (tertiary/aromatic N) is 3. The quantitative estimate of drug-likeness (QED) is 0.803. The number of aromatic nitrogens is 2. The van der Waals surface area contributed by atoms with Gasteiger partial charge >= 0.3 is 0 Å². The predicted molar refractivity (Wildman–Crippen MR) is 94.1 cm³/mol. The van der Waals surface area contributed by atoms with Crippen LogP contribution in [0.2, 0.25) is 0 Å². The van der Waals surface area contributed by atoms with Crippen molar-refractivity contribution in [3.05, 3.63) is 42.2 Å². The third-order valence-corrected chi connectivity index (χ3v) is 5.22. The predicted octanol–water partition coefficient (Wildman–Crippen LogP) is 3.68. The first-order chi connectivity index (χ1) is 11.3. The zero-order valence-corrected chi connectivity index (χ0v) is 14.4. The Morgan fingerprint density at radius 2 is 1.91 bits per heavy atom. The molecule has 122 valence electrons. The van der Waals surface area contributed by atoms with E-state index in [0.717, 1.165) is 36.8 Å². The van der Waals surface area contributed by atoms with Crippen molar-refractivity contribution in [2.45, 2.75) is 37.8 Å². The largest absolute Gasteiger partial charge is 0.342 e. The summed E-state index contributed by atoms with van der Waals surface area (Å²) in [5.41, 5.74) is 2.32. The van der Waals surface area contributed by atoms with Crippen molar-refractivity contribution < 1.29 is 4.79 Å². The van der Waals surface area contributed by atoms with Crippen LogP contribution < -0.4 is 0 Å². The van der Waals surface area contributed by atoms with Gasteiger partial charge in [-0.2, -0.15) is 0 Å². The van der Waals surface area contributed by atoms with Crippen LogP contribution in [-0.2, 0) is 4.79 Å². The fraction of sp³-hybridized carbons (Fsp3) is 0.444. The van der Waals surface area contributed by atoms with E-state index < -0.39 is 0 Å². The van der Waals surface area contributed by atoms with Crippen molar-refractivity contribution in [3.8, 4) is 5.69 Å². The topological polar surface area (TPSA) is 38.1 Å². The van der Waals surface area contributed by atoms with Crippen LogP contribution in [0.25, 0.3) is 5.69 Å². The number of para-hydroxylation sites is 1. The standard InChI is InChI=1S/C18H23N3OS/c1-15-8-4-5-9-16(15)21-13-10-19-18(21)23-14-17(22)20-11-6-2-3-7-12-20/h4-5,8-10,13H,2-3,6-7,11-12,14H2,1H3. The van der Waals surface area contributed by atoms with Gasteiger partial charge in [-0.05, 0) is 31.4 Å². The molecule has 0 atom stereocenters. The van der Waals surface area contributed by atoms with E-state index in [1.54, 1.807) is 6.20 Å². The molecule has 1 amide bonds. The maximum atomic E-state index is 12.4. The Bertz CT molecular complexity index is 660. The Balaban J connectivity index is 1.66. The van der Waals surface area contributed by atoms with Gasteiger partial charge in [0, 0.05) is 25.5 Å². The molecule has 3 rings (SSSR count). The minimum atomic E-state index is 0.233. The van der Waals surface area contributed by atoms with Gasteiger partial charge in [0.15, 0.2) is 5.16 Å². The highest BCUT2D eigenvalue weighted by Crippen LogP contribution is 2.23. The molecule has 0 unspecified atom stereocenters. The number of likely N-dealkylation sites (tertiary alicyclic amines) is 1. The average molecular weight is 329 g/mol. The van der Waals surface area contributed by atoms with Crippen molar-refractivity contribution in [2.24, 2.45) is 0 Å². The summed E-state index contributed by atoms with van der Waals surface area (Å²) in [6.07, 6.45) is 8.51. The van der Waals surface area contributed by atoms with E-state index in [-0.39, 0.29) is 5.91 Å². The number of imidazole rings is 1. The molecule has 1 aromatic carbocycles. The van der Waals surface area contributed by atoms with Crippen LogP contribution in [0.1, 0.15) is 31.2 Å². The number of rotatable bonds is 4. The lowest BCUT2D eigenvalue weighted by Crippen LogP contribution is -2.33. The van der Waals surface area contributed by atoms with Gasteiger partial charge in [-0.25, -0.2) is 4.98 Å². The van der Waals surface area contributed by atoms with E-state index in [9.17, 15) is 4.79 Å². The number of hydrogen-bond acceptors (Lipinski definition) is 3. The van der Waals surface area contributed by atoms with Crippen LogP contribution in [-0.4, -0.2) is 39.2 Å². The van der Waals surface area contributed by atoms with Crippen molar-refractivity contribution in [1.82, 2.24) is 14.5 Å². The molecule has 0 aliphatic carbocycles. The molecule has 0 N–H and O–H groups in total. The highest BCUT2D eigenvalue weighted by Gasteiger charge is 2.17. The Morgan fingerprint density at radius 3 is 2.65 bits per heavy atom. The number of carbonyl (C=O) groups is 1. The van der Waals surface area contributed by atoms with E-state index in [0.29, 0.717) is 5.75 Å². The lowest BCUT2D eigenvalue weighted by atomic mass is 10.2. The number of aryl methyl sites for hydroxylation is 1. The lowest BCUT2D eigenvalue weighted by molar-refractivity contribution is -0.128. The Labute approximate surface area is 141 Å². The summed E-state index contributed by atoms with van der Waals surface area (Å²) < 4.78 is 2.07. The minimum Gasteiger partial charge on any atom is -0.342 e. The molecule has 23 heavy (non-hydrogen) atoms. The number of benzene rings is 1. The Morgan fingerprint density at radius 1 is 1.17 bits per heavy atom. The van der Waals surface area contributed by atoms with Crippen LogP contribution in [0.4, 0.5) is 0 Å². The lowest BCUT2D eigenvalue weighted by Gasteiger charge is -2.20. The van der Waals surface area contributed by atoms with Gasteiger partial charge in [-0.3, -0.25) is 9.36 Å². The molecule has 2 heterocycles. The third kappa shape index (κ3) is 3.96. The normalized spacial score (nSPS) is 15.4. The fourth-order valence-corrected chi connectivity index (χ4v) is 3.82. The van der Waals surface area contributed by atoms with Gasteiger partial charge in [0.25, 0.3) is 0 Å². The highest BCUT2D eigenvalue weighted by atomic mass is 32.2. The molecule has 1 aliphatic rings. The van der Waals surface area contributed by atoms with Crippen LogP contribution in [0.3, 0.4) is 0 Å². The summed E-state index contributed by atoms with van der Waals surface area (Å²) in [5.74, 6) is 0.694. The molecule has 0 saturated carbocycles. The molecular weight excluding hydrogens is 306 g/mol. The van der Waals surface area contributed by atoms with Gasteiger partial charge in [0.05, 0.1) is 11.4 Å². The maximum absolute atomic E-state index is 12.4. The van der Waals surface area contributed by atoms with E-state index >= 15 is 0 Å². The van der Waals surface area contributed by atoms with Gasteiger partial charge in [-0.15, -0.1) is 0 Å². The molecule has 0 bridgehead atoms. The van der Waals surface area contributed by atoms with Crippen molar-refractivity contribution in [2.75, 3.05) is 18.8 Å². The number of thioether (sulfide) groups is 1. The summed E-state index contributed by atoms with van der Waals surface area (Å²) in [5, 5.41) is 0.877. The number of hydrogen-bond donors (Lipinski definition) is 0. The first-order valence-electron chi connectivity index (χ1n) is 8.25. The molecule has 1 aliphatic heterocycles. The molecule has 4 nitrogen and oxygen atoms in total. The van der Waals surface area contributed by atoms with E-state index in [4.69, 9.17) is 0 Å². The highest BCUT2D eigenvalue weighted by molar-refractivity contribution is 7.99. The first-order valence-corrected chi connectivity index (χ1v) is 9.24. The minimum absolute atomic E-state index is 0.233. The summed E-state index contributed by atoms with van der Waals surface area (Å²) in [6, 6.07) is 8.23. The second kappa shape index (κ2) is 7.68. The van der Waals surface area contributed by atoms with E-state index in [2.05, 4.69) is 28.6 Å². The van der Waals surface area contributed by atoms with Gasteiger partial charge < -0.3 is 4.90 Å². The van der Waals surface area contributed by atoms with Gasteiger partial charge in [-0.1, -0.05) is 42.8 Å². The summed E-state index contributed by atoms with van der Waals surface area (Å²) in [6.45, 7) is 3.91. The molecule has 1 aromatic heterocycles. The number of amides is 1. The van der Waals surface area contributed by atoms with Crippen LogP contribution in [0, 0.1) is 6.92 Å². The molecule has 1 saturated heterocycles. The SMILES string of the molecule is Cc1ccccc1-n1ccnc1SCC(=O)N1CCCCCC1. The smallest absolute Gasteiger partial charge is 0.233 e. The molecule has 0 spiro atoms. The van der Waals surface area contributed by atoms with Crippen LogP contribution in [0.15, 0.2) is 41.8 Å². The summed E-state index contributed by atoms with van der Waals surface area (Å²) >= 11 is 1.53. The van der Waals surface area contributed by atoms with Crippen molar-refractivity contribution in [1.29, 1.82) is 0 Å². The van der Waals surface area contributed by atoms with Crippen LogP contribution in [0.5, 0.6) is 0 Å². The Kier molecular flexibility index (Phi) is 5.39. The van der Waals surface area contributed by atoms with Crippen LogP contribution >= 0.6 is 11.8 Å². The van der Waals surface area contributed by atoms with Crippen molar-refractivity contribution >= 4 is 17.7 Å². The first kappa shape index (κ1) is 16.1. The van der Waals surface area contributed by atoms with Crippen molar-refractivity contribution in [3.63, 3.8) is 0 Å². The maximum Gasteiger partial charge on any atom is 0.233 e. The fourth-order valence-electron chi connectivity index (χ4n) is 2.95. The second-order valence-electron chi connectivity index (χ2n) is 5.95. The van der Waals surface area contributed by atoms with Gasteiger partial charge in [0.2, 0.25) is 5.91 Å². The molecule has 0 radical (unpaired) electrons. The molecule has 5 heteroatoms. The summed E-state index contributed by atoms with van der Waals surface area (Å²) in [4.78, 5) is 18.9. The Hall–Kier alpha value is -1.75. The molecule has 1 fully saturated rings. The summed E-state index contributed by atoms with van der Waals surface area (Å²) in [7, 11) is 0. The molecule has 2 aromatic rings. The molecular formula is C18H23N3OS. The average Bonchev–Trinajstić information content (AvgIpc) is 2.85. The zero-order valence-electron chi connectivity index (χ0n) is 13.6.